The summed E-state index contributed by atoms with van der Waals surface area (Å²) in [6, 6.07) is 71.8. The Morgan fingerprint density at radius 3 is 1.19 bits per heavy atom. The number of benzene rings is 8. The van der Waals surface area contributed by atoms with Crippen molar-refractivity contribution in [2.75, 3.05) is 0 Å². The normalized spacial score (nSPS) is 11.4. The molecule has 0 aliphatic rings. The highest BCUT2D eigenvalue weighted by atomic mass is 14.9. The molecule has 0 amide bonds. The quantitative estimate of drug-likeness (QED) is 0.181. The molecule has 58 heavy (non-hydrogen) atoms. The molecule has 9 aromatic carbocycles. The molecule has 3 nitrogen and oxygen atoms in total. The lowest BCUT2D eigenvalue weighted by Crippen LogP contribution is -1.96. The second-order valence-electron chi connectivity index (χ2n) is 14.7. The van der Waals surface area contributed by atoms with Crippen LogP contribution in [0.5, 0.6) is 0 Å². The lowest BCUT2D eigenvalue weighted by Gasteiger charge is -2.12. The minimum atomic E-state index is 0.666. The van der Waals surface area contributed by atoms with E-state index in [9.17, 15) is 0 Å². The number of pyridine rings is 1. The van der Waals surface area contributed by atoms with Crippen LogP contribution in [0.4, 0.5) is 0 Å². The summed E-state index contributed by atoms with van der Waals surface area (Å²) in [7, 11) is 0. The third-order valence-electron chi connectivity index (χ3n) is 11.4. The maximum absolute atomic E-state index is 5.32. The van der Waals surface area contributed by atoms with E-state index in [0.717, 1.165) is 44.2 Å². The average Bonchev–Trinajstić information content (AvgIpc) is 3.31. The Morgan fingerprint density at radius 1 is 0.259 bits per heavy atom. The first-order valence-corrected chi connectivity index (χ1v) is 19.7. The molecular weight excluding hydrogens is 703 g/mol. The Hall–Kier alpha value is -7.75. The molecule has 0 aliphatic heterocycles. The molecule has 11 rings (SSSR count). The first-order chi connectivity index (χ1) is 28.8. The Balaban J connectivity index is 1.17. The van der Waals surface area contributed by atoms with E-state index < -0.39 is 0 Å². The van der Waals surface area contributed by atoms with Crippen LogP contribution in [-0.2, 0) is 0 Å². The summed E-state index contributed by atoms with van der Waals surface area (Å²) in [6.07, 6.45) is 3.63. The maximum atomic E-state index is 5.32. The molecule has 0 bridgehead atoms. The fourth-order valence-electron chi connectivity index (χ4n) is 8.64. The Bertz CT molecular complexity index is 3360. The number of aromatic nitrogens is 3. The Morgan fingerprint density at radius 2 is 0.655 bits per heavy atom. The third kappa shape index (κ3) is 5.80. The lowest BCUT2D eigenvalue weighted by atomic mass is 9.93. The van der Waals surface area contributed by atoms with E-state index in [-0.39, 0.29) is 0 Å². The van der Waals surface area contributed by atoms with Crippen LogP contribution in [0.25, 0.3) is 110 Å². The van der Waals surface area contributed by atoms with Gasteiger partial charge in [-0.15, -0.1) is 0 Å². The van der Waals surface area contributed by atoms with Gasteiger partial charge < -0.3 is 0 Å². The summed E-state index contributed by atoms with van der Waals surface area (Å²) in [4.78, 5) is 14.9. The highest BCUT2D eigenvalue weighted by molar-refractivity contribution is 6.26. The molecule has 2 heterocycles. The second kappa shape index (κ2) is 14.1. The standard InChI is InChI=1S/C55H35N3/c1-2-14-41-36(12-1)13-11-23-42(41)37-24-26-38(27-25-37)53-35-54(39-30-32-56-33-31-39)58-55(57-53)40-28-29-51-49-21-8-7-19-47(49)45-17-4-3-15-43(45)44-16-5-6-18-46(44)48-20-9-10-22-50(48)52(51)34-40/h1-35H. The van der Waals surface area contributed by atoms with Gasteiger partial charge in [-0.2, -0.15) is 0 Å². The topological polar surface area (TPSA) is 38.7 Å². The first-order valence-electron chi connectivity index (χ1n) is 19.7. The zero-order valence-corrected chi connectivity index (χ0v) is 31.5. The first kappa shape index (κ1) is 33.6. The molecule has 0 unspecified atom stereocenters. The summed E-state index contributed by atoms with van der Waals surface area (Å²) in [5.41, 5.74) is 7.04. The number of rotatable bonds is 4. The average molecular weight is 738 g/mol. The fraction of sp³-hybridized carbons (Fsp3) is 0. The Kier molecular flexibility index (Phi) is 8.15. The second-order valence-corrected chi connectivity index (χ2v) is 14.7. The summed E-state index contributed by atoms with van der Waals surface area (Å²) >= 11 is 0. The van der Waals surface area contributed by atoms with E-state index in [1.54, 1.807) is 0 Å². The van der Waals surface area contributed by atoms with Gasteiger partial charge in [0.2, 0.25) is 0 Å². The van der Waals surface area contributed by atoms with Crippen molar-refractivity contribution in [2.24, 2.45) is 0 Å². The van der Waals surface area contributed by atoms with Gasteiger partial charge in [-0.3, -0.25) is 4.98 Å². The molecule has 2 aromatic heterocycles. The van der Waals surface area contributed by atoms with Crippen LogP contribution in [0.2, 0.25) is 0 Å². The predicted octanol–water partition coefficient (Wildman–Crippen LogP) is 14.6. The third-order valence-corrected chi connectivity index (χ3v) is 11.4. The predicted molar refractivity (Wildman–Crippen MR) is 244 cm³/mol. The number of hydrogen-bond donors (Lipinski definition) is 0. The molecule has 0 radical (unpaired) electrons. The molecule has 11 aromatic rings. The van der Waals surface area contributed by atoms with Crippen molar-refractivity contribution in [2.45, 2.75) is 0 Å². The van der Waals surface area contributed by atoms with E-state index in [2.05, 4.69) is 193 Å². The van der Waals surface area contributed by atoms with Crippen molar-refractivity contribution in [1.82, 2.24) is 15.0 Å². The minimum Gasteiger partial charge on any atom is -0.265 e. The molecule has 0 fully saturated rings. The van der Waals surface area contributed by atoms with Crippen molar-refractivity contribution in [3.63, 3.8) is 0 Å². The number of nitrogens with zero attached hydrogens (tertiary/aromatic N) is 3. The smallest absolute Gasteiger partial charge is 0.160 e. The molecule has 0 saturated heterocycles. The van der Waals surface area contributed by atoms with Crippen LogP contribution in [0.15, 0.2) is 213 Å². The van der Waals surface area contributed by atoms with Crippen molar-refractivity contribution in [3.8, 4) is 45.0 Å². The summed E-state index contributed by atoms with van der Waals surface area (Å²) < 4.78 is 0. The zero-order chi connectivity index (χ0) is 38.4. The summed E-state index contributed by atoms with van der Waals surface area (Å²) in [5.74, 6) is 0.666. The van der Waals surface area contributed by atoms with Crippen LogP contribution < -0.4 is 0 Å². The molecule has 0 N–H and O–H groups in total. The van der Waals surface area contributed by atoms with Gasteiger partial charge in [0.15, 0.2) is 5.82 Å². The molecule has 0 saturated carbocycles. The van der Waals surface area contributed by atoms with Gasteiger partial charge in [0, 0.05) is 29.1 Å². The highest BCUT2D eigenvalue weighted by Gasteiger charge is 2.14. The van der Waals surface area contributed by atoms with Crippen LogP contribution in [-0.4, -0.2) is 15.0 Å². The van der Waals surface area contributed by atoms with Gasteiger partial charge in [0.1, 0.15) is 0 Å². The number of fused-ring (bicyclic) bond motifs is 11. The van der Waals surface area contributed by atoms with E-state index in [0.29, 0.717) is 5.82 Å². The summed E-state index contributed by atoms with van der Waals surface area (Å²) in [5, 5.41) is 14.3. The monoisotopic (exact) mass is 737 g/mol. The van der Waals surface area contributed by atoms with Gasteiger partial charge in [-0.25, -0.2) is 9.97 Å². The largest absolute Gasteiger partial charge is 0.265 e. The molecule has 270 valence electrons. The summed E-state index contributed by atoms with van der Waals surface area (Å²) in [6.45, 7) is 0. The van der Waals surface area contributed by atoms with Gasteiger partial charge >= 0.3 is 0 Å². The van der Waals surface area contributed by atoms with Crippen molar-refractivity contribution in [1.29, 1.82) is 0 Å². The maximum Gasteiger partial charge on any atom is 0.160 e. The van der Waals surface area contributed by atoms with E-state index in [1.807, 2.05) is 24.5 Å². The van der Waals surface area contributed by atoms with Gasteiger partial charge in [0.25, 0.3) is 0 Å². The van der Waals surface area contributed by atoms with Crippen molar-refractivity contribution in [3.05, 3.63) is 213 Å². The van der Waals surface area contributed by atoms with Crippen molar-refractivity contribution >= 4 is 64.6 Å². The van der Waals surface area contributed by atoms with E-state index in [4.69, 9.17) is 9.97 Å². The van der Waals surface area contributed by atoms with E-state index >= 15 is 0 Å². The minimum absolute atomic E-state index is 0.666. The molecular formula is C55H35N3. The van der Waals surface area contributed by atoms with Gasteiger partial charge in [0.05, 0.1) is 11.4 Å². The Labute approximate surface area is 335 Å². The molecule has 0 aliphatic carbocycles. The highest BCUT2D eigenvalue weighted by Crippen LogP contribution is 2.38. The molecule has 0 spiro atoms. The SMILES string of the molecule is c1ccc2c(-c3ccc(-c4cc(-c5ccncc5)nc(-c5ccc6c7ccccc7c7ccccc7c7ccccc7c7ccccc7c6c5)n4)cc3)cccc2c1. The van der Waals surface area contributed by atoms with Gasteiger partial charge in [-0.1, -0.05) is 176 Å². The van der Waals surface area contributed by atoms with Crippen LogP contribution in [0.1, 0.15) is 0 Å². The van der Waals surface area contributed by atoms with Crippen molar-refractivity contribution < 1.29 is 0 Å². The number of hydrogen-bond acceptors (Lipinski definition) is 3. The van der Waals surface area contributed by atoms with Crippen LogP contribution in [0.3, 0.4) is 0 Å². The fourth-order valence-corrected chi connectivity index (χ4v) is 8.64. The van der Waals surface area contributed by atoms with E-state index in [1.165, 1.54) is 59.6 Å². The molecule has 0 atom stereocenters. The van der Waals surface area contributed by atoms with Crippen LogP contribution in [0, 0.1) is 0 Å². The lowest BCUT2D eigenvalue weighted by molar-refractivity contribution is 1.18. The zero-order valence-electron chi connectivity index (χ0n) is 31.5. The van der Waals surface area contributed by atoms with Crippen LogP contribution >= 0.6 is 0 Å². The van der Waals surface area contributed by atoms with Gasteiger partial charge in [-0.05, 0) is 100 Å². The molecule has 3 heteroatoms.